The number of ketones is 1. The number of hydrogen-bond donors (Lipinski definition) is 1. The predicted molar refractivity (Wildman–Crippen MR) is 73.0 cm³/mol. The monoisotopic (exact) mass is 276 g/mol. The lowest BCUT2D eigenvalue weighted by Crippen LogP contribution is -2.24. The van der Waals surface area contributed by atoms with E-state index in [1.165, 1.54) is 6.92 Å². The fourth-order valence-electron chi connectivity index (χ4n) is 1.63. The van der Waals surface area contributed by atoms with Crippen molar-refractivity contribution in [3.8, 4) is 0 Å². The maximum atomic E-state index is 12.0. The van der Waals surface area contributed by atoms with E-state index in [-0.39, 0.29) is 29.2 Å². The molecule has 1 heterocycles. The summed E-state index contributed by atoms with van der Waals surface area (Å²) < 4.78 is 0. The first-order valence-corrected chi connectivity index (χ1v) is 6.59. The molecule has 0 fully saturated rings. The summed E-state index contributed by atoms with van der Waals surface area (Å²) in [5.74, 6) is -0.766. The Bertz CT molecular complexity index is 554. The average molecular weight is 276 g/mol. The molecular formula is C13H12N2O3S. The van der Waals surface area contributed by atoms with Crippen LogP contribution in [0.1, 0.15) is 23.7 Å². The predicted octanol–water partition coefficient (Wildman–Crippen LogP) is 1.39. The van der Waals surface area contributed by atoms with Gasteiger partial charge in [-0.05, 0) is 0 Å². The Morgan fingerprint density at radius 1 is 1.32 bits per heavy atom. The van der Waals surface area contributed by atoms with E-state index in [1.54, 1.807) is 24.3 Å². The lowest BCUT2D eigenvalue weighted by Gasteiger charge is -2.06. The highest BCUT2D eigenvalue weighted by Gasteiger charge is 2.31. The zero-order chi connectivity index (χ0) is 13.8. The standard InChI is InChI=1S/C13H12N2O3S/c1-8(16)14-13-15-12(18)11(19-13)7-10(17)9-5-3-2-4-6-9/h2-6,11H,7H2,1H3,(H,14,15,16,18)/t11-/m1/s1. The minimum Gasteiger partial charge on any atom is -0.305 e. The molecule has 0 bridgehead atoms. The van der Waals surface area contributed by atoms with Gasteiger partial charge in [-0.15, -0.1) is 0 Å². The molecule has 1 N–H and O–H groups in total. The number of hydrogen-bond acceptors (Lipinski definition) is 4. The summed E-state index contributed by atoms with van der Waals surface area (Å²) in [6.45, 7) is 1.34. The van der Waals surface area contributed by atoms with Crippen LogP contribution in [0.4, 0.5) is 0 Å². The third-order valence-corrected chi connectivity index (χ3v) is 3.56. The number of carbonyl (C=O) groups excluding carboxylic acids is 3. The Balaban J connectivity index is 1.97. The first-order valence-electron chi connectivity index (χ1n) is 5.71. The van der Waals surface area contributed by atoms with E-state index in [4.69, 9.17) is 0 Å². The molecule has 0 aromatic heterocycles. The molecule has 6 heteroatoms. The summed E-state index contributed by atoms with van der Waals surface area (Å²) in [6.07, 6.45) is 0.0834. The lowest BCUT2D eigenvalue weighted by molar-refractivity contribution is -0.117. The van der Waals surface area contributed by atoms with Crippen molar-refractivity contribution in [2.45, 2.75) is 18.6 Å². The zero-order valence-corrected chi connectivity index (χ0v) is 11.1. The van der Waals surface area contributed by atoms with Gasteiger partial charge in [0.25, 0.3) is 5.91 Å². The quantitative estimate of drug-likeness (QED) is 0.847. The van der Waals surface area contributed by atoms with E-state index in [2.05, 4.69) is 10.3 Å². The van der Waals surface area contributed by atoms with Gasteiger partial charge in [0.1, 0.15) is 5.25 Å². The van der Waals surface area contributed by atoms with Crippen LogP contribution in [0.5, 0.6) is 0 Å². The van der Waals surface area contributed by atoms with Gasteiger partial charge >= 0.3 is 0 Å². The van der Waals surface area contributed by atoms with Gasteiger partial charge < -0.3 is 5.32 Å². The highest BCUT2D eigenvalue weighted by atomic mass is 32.2. The van der Waals surface area contributed by atoms with Crippen LogP contribution >= 0.6 is 11.8 Å². The van der Waals surface area contributed by atoms with Gasteiger partial charge in [-0.25, -0.2) is 0 Å². The molecular weight excluding hydrogens is 264 g/mol. The van der Waals surface area contributed by atoms with Gasteiger partial charge in [0.05, 0.1) is 0 Å². The molecule has 2 amide bonds. The molecule has 0 radical (unpaired) electrons. The van der Waals surface area contributed by atoms with Crippen molar-refractivity contribution >= 4 is 34.5 Å². The van der Waals surface area contributed by atoms with Crippen molar-refractivity contribution in [3.05, 3.63) is 35.9 Å². The van der Waals surface area contributed by atoms with Crippen molar-refractivity contribution in [1.82, 2.24) is 5.32 Å². The Hall–Kier alpha value is -1.95. The Kier molecular flexibility index (Phi) is 4.11. The van der Waals surface area contributed by atoms with Crippen LogP contribution in [0.15, 0.2) is 35.3 Å². The van der Waals surface area contributed by atoms with E-state index < -0.39 is 5.25 Å². The molecule has 2 rings (SSSR count). The van der Waals surface area contributed by atoms with E-state index in [0.29, 0.717) is 5.56 Å². The minimum absolute atomic E-state index is 0.0834. The van der Waals surface area contributed by atoms with Crippen LogP contribution in [0, 0.1) is 0 Å². The smallest absolute Gasteiger partial charge is 0.262 e. The van der Waals surface area contributed by atoms with Crippen molar-refractivity contribution in [3.63, 3.8) is 0 Å². The van der Waals surface area contributed by atoms with Crippen molar-refractivity contribution in [1.29, 1.82) is 0 Å². The number of nitrogens with zero attached hydrogens (tertiary/aromatic N) is 1. The fraction of sp³-hybridized carbons (Fsp3) is 0.231. The summed E-state index contributed by atoms with van der Waals surface area (Å²) in [4.78, 5) is 38.2. The minimum atomic E-state index is -0.547. The number of carbonyl (C=O) groups is 3. The number of aliphatic imine (C=N–C) groups is 1. The molecule has 0 saturated heterocycles. The van der Waals surface area contributed by atoms with Gasteiger partial charge in [-0.2, -0.15) is 4.99 Å². The van der Waals surface area contributed by atoms with Crippen LogP contribution in [-0.2, 0) is 9.59 Å². The highest BCUT2D eigenvalue weighted by molar-refractivity contribution is 8.15. The Morgan fingerprint density at radius 2 is 2.00 bits per heavy atom. The number of rotatable bonds is 3. The summed E-state index contributed by atoms with van der Waals surface area (Å²) >= 11 is 1.12. The maximum Gasteiger partial charge on any atom is 0.262 e. The second-order valence-corrected chi connectivity index (χ2v) is 5.23. The first-order chi connectivity index (χ1) is 9.06. The molecule has 1 aromatic carbocycles. The molecule has 0 spiro atoms. The van der Waals surface area contributed by atoms with Crippen LogP contribution < -0.4 is 5.32 Å². The van der Waals surface area contributed by atoms with Crippen LogP contribution in [0.3, 0.4) is 0 Å². The second kappa shape index (κ2) is 5.79. The van der Waals surface area contributed by atoms with Gasteiger partial charge in [-0.1, -0.05) is 42.1 Å². The van der Waals surface area contributed by atoms with E-state index in [0.717, 1.165) is 11.8 Å². The summed E-state index contributed by atoms with van der Waals surface area (Å²) in [6, 6.07) is 8.79. The normalized spacial score (nSPS) is 18.1. The molecule has 0 unspecified atom stereocenters. The average Bonchev–Trinajstić information content (AvgIpc) is 2.69. The van der Waals surface area contributed by atoms with Gasteiger partial charge in [0.15, 0.2) is 11.0 Å². The third-order valence-electron chi connectivity index (χ3n) is 2.49. The number of thioether (sulfide) groups is 1. The van der Waals surface area contributed by atoms with Crippen molar-refractivity contribution < 1.29 is 14.4 Å². The van der Waals surface area contributed by atoms with E-state index >= 15 is 0 Å². The van der Waals surface area contributed by atoms with Crippen LogP contribution in [-0.4, -0.2) is 28.0 Å². The first kappa shape index (κ1) is 13.5. The number of nitrogens with one attached hydrogen (secondary N) is 1. The maximum absolute atomic E-state index is 12.0. The third kappa shape index (κ3) is 3.51. The molecule has 0 saturated carbocycles. The van der Waals surface area contributed by atoms with Crippen LogP contribution in [0.2, 0.25) is 0 Å². The van der Waals surface area contributed by atoms with E-state index in [9.17, 15) is 14.4 Å². The zero-order valence-electron chi connectivity index (χ0n) is 10.3. The van der Waals surface area contributed by atoms with Crippen molar-refractivity contribution in [2.24, 2.45) is 4.99 Å². The van der Waals surface area contributed by atoms with Crippen molar-refractivity contribution in [2.75, 3.05) is 0 Å². The SMILES string of the molecule is CC(=O)NC1=NC(=O)[C@@H](CC(=O)c2ccccc2)S1. The lowest BCUT2D eigenvalue weighted by atomic mass is 10.1. The van der Waals surface area contributed by atoms with Gasteiger partial charge in [-0.3, -0.25) is 14.4 Å². The van der Waals surface area contributed by atoms with Gasteiger partial charge in [0, 0.05) is 18.9 Å². The molecule has 1 aromatic rings. The Morgan fingerprint density at radius 3 is 2.63 bits per heavy atom. The molecule has 0 aliphatic carbocycles. The largest absolute Gasteiger partial charge is 0.305 e. The van der Waals surface area contributed by atoms with Crippen LogP contribution in [0.25, 0.3) is 0 Å². The number of amidine groups is 1. The number of amides is 2. The molecule has 98 valence electrons. The Labute approximate surface area is 114 Å². The van der Waals surface area contributed by atoms with Gasteiger partial charge in [0.2, 0.25) is 5.91 Å². The number of benzene rings is 1. The second-order valence-electron chi connectivity index (χ2n) is 4.04. The highest BCUT2D eigenvalue weighted by Crippen LogP contribution is 2.25. The number of Topliss-reactive ketones (excluding diaryl/α,β-unsaturated/α-hetero) is 1. The summed E-state index contributed by atoms with van der Waals surface area (Å²) in [5, 5.41) is 2.18. The van der Waals surface area contributed by atoms with E-state index in [1.807, 2.05) is 6.07 Å². The summed E-state index contributed by atoms with van der Waals surface area (Å²) in [5.41, 5.74) is 0.573. The molecule has 1 aliphatic rings. The topological polar surface area (TPSA) is 75.6 Å². The molecule has 5 nitrogen and oxygen atoms in total. The summed E-state index contributed by atoms with van der Waals surface area (Å²) in [7, 11) is 0. The fourth-order valence-corrected chi connectivity index (χ4v) is 2.63. The molecule has 1 aliphatic heterocycles. The molecule has 19 heavy (non-hydrogen) atoms. The molecule has 1 atom stereocenters.